The van der Waals surface area contributed by atoms with Crippen molar-refractivity contribution < 1.29 is 18.3 Å². The van der Waals surface area contributed by atoms with Gasteiger partial charge >= 0.3 is 0 Å². The molecule has 7 nitrogen and oxygen atoms in total. The number of halogens is 3. The van der Waals surface area contributed by atoms with Crippen LogP contribution in [0.2, 0.25) is 5.02 Å². The Balaban J connectivity index is 1.55. The zero-order valence-electron chi connectivity index (χ0n) is 17.5. The molecule has 4 aromatic rings. The van der Waals surface area contributed by atoms with E-state index in [4.69, 9.17) is 22.1 Å². The number of nitrogens with two attached hydrogens (primary N) is 1. The van der Waals surface area contributed by atoms with E-state index in [1.807, 2.05) is 0 Å². The smallest absolute Gasteiger partial charge is 0.255 e. The van der Waals surface area contributed by atoms with Crippen molar-refractivity contribution in [2.24, 2.45) is 0 Å². The summed E-state index contributed by atoms with van der Waals surface area (Å²) in [6.45, 7) is 0.0957. The molecular formula is C24H17ClF2N4O3. The summed E-state index contributed by atoms with van der Waals surface area (Å²) in [5.74, 6) is -1.65. The minimum Gasteiger partial charge on any atom is -0.453 e. The fourth-order valence-corrected chi connectivity index (χ4v) is 3.27. The highest BCUT2D eigenvalue weighted by molar-refractivity contribution is 6.34. The highest BCUT2D eigenvalue weighted by Gasteiger charge is 2.14. The topological polar surface area (TPSA) is 99.2 Å². The molecule has 0 aliphatic carbocycles. The third-order valence-electron chi connectivity index (χ3n) is 4.81. The molecule has 172 valence electrons. The van der Waals surface area contributed by atoms with Gasteiger partial charge in [-0.2, -0.15) is 0 Å². The first-order chi connectivity index (χ1) is 16.3. The predicted octanol–water partition coefficient (Wildman–Crippen LogP) is 4.47. The van der Waals surface area contributed by atoms with E-state index >= 15 is 0 Å². The van der Waals surface area contributed by atoms with Crippen LogP contribution in [0, 0.1) is 11.6 Å². The number of ether oxygens (including phenoxy) is 1. The number of nitrogen functional groups attached to an aromatic ring is 1. The quantitative estimate of drug-likeness (QED) is 0.422. The van der Waals surface area contributed by atoms with Crippen molar-refractivity contribution in [1.82, 2.24) is 14.9 Å². The van der Waals surface area contributed by atoms with E-state index in [2.05, 4.69) is 10.3 Å². The number of carbonyl (C=O) groups excluding carboxylic acids is 1. The molecule has 1 amide bonds. The average molecular weight is 483 g/mol. The number of nitrogens with one attached hydrogen (secondary N) is 1. The molecule has 0 aliphatic rings. The van der Waals surface area contributed by atoms with Crippen molar-refractivity contribution in [3.05, 3.63) is 111 Å². The lowest BCUT2D eigenvalue weighted by atomic mass is 10.2. The van der Waals surface area contributed by atoms with E-state index in [1.165, 1.54) is 60.9 Å². The van der Waals surface area contributed by atoms with E-state index < -0.39 is 23.1 Å². The van der Waals surface area contributed by atoms with Gasteiger partial charge in [-0.3, -0.25) is 14.2 Å². The molecule has 0 bridgehead atoms. The molecule has 3 N–H and O–H groups in total. The molecule has 0 fully saturated rings. The van der Waals surface area contributed by atoms with Gasteiger partial charge < -0.3 is 15.8 Å². The van der Waals surface area contributed by atoms with Crippen LogP contribution >= 0.6 is 11.6 Å². The highest BCUT2D eigenvalue weighted by atomic mass is 35.5. The molecule has 10 heteroatoms. The number of anilines is 1. The van der Waals surface area contributed by atoms with E-state index in [0.29, 0.717) is 5.56 Å². The third-order valence-corrected chi connectivity index (χ3v) is 5.19. The first-order valence-corrected chi connectivity index (χ1v) is 10.3. The fourth-order valence-electron chi connectivity index (χ4n) is 3.12. The van der Waals surface area contributed by atoms with Gasteiger partial charge in [0.15, 0.2) is 17.3 Å². The predicted molar refractivity (Wildman–Crippen MR) is 123 cm³/mol. The van der Waals surface area contributed by atoms with Gasteiger partial charge in [0.1, 0.15) is 16.7 Å². The molecule has 0 atom stereocenters. The van der Waals surface area contributed by atoms with E-state index in [-0.39, 0.29) is 40.1 Å². The molecule has 0 unspecified atom stereocenters. The molecule has 0 saturated heterocycles. The minimum absolute atomic E-state index is 0.0373. The Morgan fingerprint density at radius 2 is 1.91 bits per heavy atom. The number of benzene rings is 2. The summed E-state index contributed by atoms with van der Waals surface area (Å²) in [4.78, 5) is 28.7. The number of carbonyl (C=O) groups is 1. The largest absolute Gasteiger partial charge is 0.453 e. The standard InChI is InChI=1S/C24H17ClF2N4O3/c25-22-20(8-9-29-23(22)28)34-19-6-5-17(11-18(19)27)31-13-15(4-7-21(31)32)24(33)30-12-14-2-1-3-16(26)10-14/h1-11,13H,12H2,(H2,28,29)(H,30,33). The van der Waals surface area contributed by atoms with Gasteiger partial charge in [0, 0.05) is 37.1 Å². The molecule has 4 rings (SSSR count). The van der Waals surface area contributed by atoms with Crippen molar-refractivity contribution >= 4 is 23.3 Å². The zero-order chi connectivity index (χ0) is 24.2. The van der Waals surface area contributed by atoms with Gasteiger partial charge in [-0.05, 0) is 35.9 Å². The molecule has 0 radical (unpaired) electrons. The van der Waals surface area contributed by atoms with Crippen LogP contribution in [-0.2, 0) is 6.54 Å². The lowest BCUT2D eigenvalue weighted by molar-refractivity contribution is 0.0950. The number of hydrogen-bond acceptors (Lipinski definition) is 5. The molecule has 34 heavy (non-hydrogen) atoms. The second kappa shape index (κ2) is 9.72. The van der Waals surface area contributed by atoms with Crippen LogP contribution in [0.1, 0.15) is 15.9 Å². The van der Waals surface area contributed by atoms with Crippen LogP contribution in [0.15, 0.2) is 77.9 Å². The Bertz CT molecular complexity index is 1440. The summed E-state index contributed by atoms with van der Waals surface area (Å²) >= 11 is 6.03. The molecular weight excluding hydrogens is 466 g/mol. The summed E-state index contributed by atoms with van der Waals surface area (Å²) in [5, 5.41) is 2.70. The van der Waals surface area contributed by atoms with Gasteiger partial charge in [-0.15, -0.1) is 0 Å². The fraction of sp³-hybridized carbons (Fsp3) is 0.0417. The van der Waals surface area contributed by atoms with Crippen LogP contribution in [0.4, 0.5) is 14.6 Å². The van der Waals surface area contributed by atoms with Crippen LogP contribution in [0.3, 0.4) is 0 Å². The first kappa shape index (κ1) is 22.9. The van der Waals surface area contributed by atoms with Crippen LogP contribution in [0.5, 0.6) is 11.5 Å². The first-order valence-electron chi connectivity index (χ1n) is 9.95. The number of amides is 1. The molecule has 0 aliphatic heterocycles. The minimum atomic E-state index is -0.767. The molecule has 2 aromatic carbocycles. The van der Waals surface area contributed by atoms with Gasteiger partial charge in [0.2, 0.25) is 0 Å². The molecule has 0 spiro atoms. The molecule has 2 aromatic heterocycles. The number of pyridine rings is 2. The summed E-state index contributed by atoms with van der Waals surface area (Å²) in [7, 11) is 0. The van der Waals surface area contributed by atoms with Crippen molar-refractivity contribution in [3.63, 3.8) is 0 Å². The Kier molecular flexibility index (Phi) is 6.55. The number of aromatic nitrogens is 2. The van der Waals surface area contributed by atoms with Gasteiger partial charge in [0.25, 0.3) is 11.5 Å². The summed E-state index contributed by atoms with van der Waals surface area (Å²) in [6, 6.07) is 13.7. The van der Waals surface area contributed by atoms with E-state index in [9.17, 15) is 18.4 Å². The van der Waals surface area contributed by atoms with Crippen molar-refractivity contribution in [2.75, 3.05) is 5.73 Å². The van der Waals surface area contributed by atoms with Gasteiger partial charge in [-0.25, -0.2) is 13.8 Å². The third kappa shape index (κ3) is 5.05. The maximum absolute atomic E-state index is 14.7. The Morgan fingerprint density at radius 1 is 1.09 bits per heavy atom. The number of hydrogen-bond donors (Lipinski definition) is 2. The van der Waals surface area contributed by atoms with Gasteiger partial charge in [-0.1, -0.05) is 23.7 Å². The lowest BCUT2D eigenvalue weighted by Crippen LogP contribution is -2.26. The Labute approximate surface area is 197 Å². The number of nitrogens with zero attached hydrogens (tertiary/aromatic N) is 2. The van der Waals surface area contributed by atoms with E-state index in [1.54, 1.807) is 6.07 Å². The maximum atomic E-state index is 14.7. The summed E-state index contributed by atoms with van der Waals surface area (Å²) in [5.41, 5.74) is 6.07. The second-order valence-electron chi connectivity index (χ2n) is 7.16. The van der Waals surface area contributed by atoms with Crippen molar-refractivity contribution in [2.45, 2.75) is 6.54 Å². The van der Waals surface area contributed by atoms with Crippen molar-refractivity contribution in [1.29, 1.82) is 0 Å². The number of rotatable bonds is 6. The molecule has 2 heterocycles. The SMILES string of the molecule is Nc1nccc(Oc2ccc(-n3cc(C(=O)NCc4cccc(F)c4)ccc3=O)cc2F)c1Cl. The summed E-state index contributed by atoms with van der Waals surface area (Å²) in [6.07, 6.45) is 2.66. The van der Waals surface area contributed by atoms with Crippen LogP contribution < -0.4 is 21.3 Å². The lowest BCUT2D eigenvalue weighted by Gasteiger charge is -2.12. The molecule has 0 saturated carbocycles. The summed E-state index contributed by atoms with van der Waals surface area (Å²) < 4.78 is 34.7. The Hall–Kier alpha value is -4.24. The highest BCUT2D eigenvalue weighted by Crippen LogP contribution is 2.33. The average Bonchev–Trinajstić information content (AvgIpc) is 2.82. The van der Waals surface area contributed by atoms with Crippen LogP contribution in [-0.4, -0.2) is 15.5 Å². The van der Waals surface area contributed by atoms with Crippen molar-refractivity contribution in [3.8, 4) is 17.2 Å². The van der Waals surface area contributed by atoms with E-state index in [0.717, 1.165) is 10.6 Å². The van der Waals surface area contributed by atoms with Crippen LogP contribution in [0.25, 0.3) is 5.69 Å². The Morgan fingerprint density at radius 3 is 2.68 bits per heavy atom. The zero-order valence-corrected chi connectivity index (χ0v) is 18.2. The maximum Gasteiger partial charge on any atom is 0.255 e. The second-order valence-corrected chi connectivity index (χ2v) is 7.54. The monoisotopic (exact) mass is 482 g/mol. The van der Waals surface area contributed by atoms with Gasteiger partial charge in [0.05, 0.1) is 11.3 Å². The normalized spacial score (nSPS) is 10.7.